The third-order valence-corrected chi connectivity index (χ3v) is 4.95. The number of carbonyl (C=O) groups is 1. The summed E-state index contributed by atoms with van der Waals surface area (Å²) in [5.74, 6) is 0.237. The van der Waals surface area contributed by atoms with E-state index in [-0.39, 0.29) is 5.91 Å². The van der Waals surface area contributed by atoms with E-state index in [1.807, 2.05) is 23.1 Å². The Labute approximate surface area is 148 Å². The fourth-order valence-corrected chi connectivity index (χ4v) is 3.52. The largest absolute Gasteiger partial charge is 0.347 e. The highest BCUT2D eigenvalue weighted by atomic mass is 16.2. The van der Waals surface area contributed by atoms with Crippen molar-refractivity contribution in [3.63, 3.8) is 0 Å². The second-order valence-corrected chi connectivity index (χ2v) is 6.50. The number of carbonyl (C=O) groups excluding carboxylic acids is 1. The number of nitrogens with zero attached hydrogens (tertiary/aromatic N) is 2. The van der Waals surface area contributed by atoms with Gasteiger partial charge in [-0.3, -0.25) is 4.79 Å². The average molecular weight is 330 g/mol. The highest BCUT2D eigenvalue weighted by Gasteiger charge is 2.17. The van der Waals surface area contributed by atoms with Crippen molar-refractivity contribution in [3.8, 4) is 0 Å². The zero-order chi connectivity index (χ0) is 17.1. The van der Waals surface area contributed by atoms with Crippen LogP contribution >= 0.6 is 0 Å². The number of rotatable bonds is 4. The number of fused-ring (bicyclic) bond motifs is 1. The quantitative estimate of drug-likeness (QED) is 0.698. The van der Waals surface area contributed by atoms with Crippen LogP contribution in [0, 0.1) is 0 Å². The normalized spacial score (nSPS) is 14.6. The Balaban J connectivity index is 1.37. The maximum Gasteiger partial charge on any atom is 0.224 e. The van der Waals surface area contributed by atoms with Gasteiger partial charge in [-0.25, -0.2) is 0 Å². The van der Waals surface area contributed by atoms with E-state index in [2.05, 4.69) is 59.3 Å². The zero-order valence-corrected chi connectivity index (χ0v) is 14.3. The molecule has 4 rings (SSSR count). The number of aryl methyl sites for hydroxylation is 1. The second kappa shape index (κ2) is 6.98. The molecule has 1 amide bonds. The molecule has 0 bridgehead atoms. The molecule has 0 unspecified atom stereocenters. The van der Waals surface area contributed by atoms with Gasteiger partial charge in [-0.1, -0.05) is 54.6 Å². The fraction of sp³-hybridized carbons (Fsp3) is 0.227. The number of hydrogen-bond donors (Lipinski definition) is 0. The molecule has 2 aromatic carbocycles. The molecule has 1 aliphatic rings. The first-order chi connectivity index (χ1) is 12.3. The minimum atomic E-state index is 0.237. The molecule has 0 aliphatic carbocycles. The van der Waals surface area contributed by atoms with Gasteiger partial charge in [0.05, 0.1) is 0 Å². The van der Waals surface area contributed by atoms with Gasteiger partial charge in [-0.15, -0.1) is 0 Å². The maximum absolute atomic E-state index is 12.6. The summed E-state index contributed by atoms with van der Waals surface area (Å²) in [7, 11) is 0. The lowest BCUT2D eigenvalue weighted by molar-refractivity contribution is -0.131. The summed E-state index contributed by atoms with van der Waals surface area (Å²) in [5.41, 5.74) is 3.81. The van der Waals surface area contributed by atoms with Gasteiger partial charge >= 0.3 is 0 Å². The average Bonchev–Trinajstić information content (AvgIpc) is 3.10. The molecule has 0 spiro atoms. The molecule has 3 heteroatoms. The summed E-state index contributed by atoms with van der Waals surface area (Å²) in [4.78, 5) is 14.5. The van der Waals surface area contributed by atoms with Gasteiger partial charge in [0.15, 0.2) is 0 Å². The Morgan fingerprint density at radius 3 is 2.56 bits per heavy atom. The van der Waals surface area contributed by atoms with Crippen molar-refractivity contribution in [2.45, 2.75) is 19.4 Å². The molecule has 1 aromatic heterocycles. The van der Waals surface area contributed by atoms with Crippen LogP contribution in [-0.2, 0) is 11.3 Å². The molecule has 0 saturated heterocycles. The van der Waals surface area contributed by atoms with E-state index in [9.17, 15) is 4.79 Å². The van der Waals surface area contributed by atoms with Crippen molar-refractivity contribution in [2.75, 3.05) is 13.1 Å². The van der Waals surface area contributed by atoms with Crippen molar-refractivity contribution >= 4 is 22.4 Å². The molecule has 0 saturated carbocycles. The minimum Gasteiger partial charge on any atom is -0.347 e. The third kappa shape index (κ3) is 3.36. The summed E-state index contributed by atoms with van der Waals surface area (Å²) in [5, 5.41) is 1.23. The molecule has 126 valence electrons. The van der Waals surface area contributed by atoms with Crippen LogP contribution < -0.4 is 0 Å². The monoisotopic (exact) mass is 330 g/mol. The van der Waals surface area contributed by atoms with Crippen molar-refractivity contribution in [1.29, 1.82) is 0 Å². The lowest BCUT2D eigenvalue weighted by atomic mass is 9.99. The van der Waals surface area contributed by atoms with Crippen molar-refractivity contribution in [3.05, 3.63) is 78.5 Å². The zero-order valence-electron chi connectivity index (χ0n) is 14.3. The predicted molar refractivity (Wildman–Crippen MR) is 102 cm³/mol. The Morgan fingerprint density at radius 1 is 0.960 bits per heavy atom. The first-order valence-electron chi connectivity index (χ1n) is 8.87. The Kier molecular flexibility index (Phi) is 4.38. The van der Waals surface area contributed by atoms with Gasteiger partial charge in [0.25, 0.3) is 0 Å². The molecule has 0 atom stereocenters. The van der Waals surface area contributed by atoms with Gasteiger partial charge in [-0.05, 0) is 35.1 Å². The first-order valence-corrected chi connectivity index (χ1v) is 8.87. The Bertz CT molecular complexity index is 908. The highest BCUT2D eigenvalue weighted by Crippen LogP contribution is 2.22. The van der Waals surface area contributed by atoms with Crippen LogP contribution in [0.3, 0.4) is 0 Å². The van der Waals surface area contributed by atoms with E-state index in [0.29, 0.717) is 6.42 Å². The number of benzene rings is 2. The number of para-hydroxylation sites is 1. The molecular formula is C22H22N2O. The van der Waals surface area contributed by atoms with Crippen LogP contribution in [0.1, 0.15) is 18.4 Å². The molecule has 0 N–H and O–H groups in total. The molecule has 3 nitrogen and oxygen atoms in total. The highest BCUT2D eigenvalue weighted by molar-refractivity contribution is 5.81. The van der Waals surface area contributed by atoms with Crippen molar-refractivity contribution in [1.82, 2.24) is 9.47 Å². The van der Waals surface area contributed by atoms with E-state index < -0.39 is 0 Å². The lowest BCUT2D eigenvalue weighted by Crippen LogP contribution is -2.35. The first kappa shape index (κ1) is 15.7. The van der Waals surface area contributed by atoms with Gasteiger partial charge in [0.1, 0.15) is 0 Å². The molecule has 2 heterocycles. The van der Waals surface area contributed by atoms with Gasteiger partial charge < -0.3 is 9.47 Å². The Morgan fingerprint density at radius 2 is 1.76 bits per heavy atom. The van der Waals surface area contributed by atoms with E-state index in [4.69, 9.17) is 0 Å². The number of hydrogen-bond acceptors (Lipinski definition) is 1. The summed E-state index contributed by atoms with van der Waals surface area (Å²) in [6.07, 6.45) is 5.75. The fourth-order valence-electron chi connectivity index (χ4n) is 3.52. The van der Waals surface area contributed by atoms with Crippen LogP contribution in [0.15, 0.2) is 72.9 Å². The Hall–Kier alpha value is -2.81. The molecular weight excluding hydrogens is 308 g/mol. The minimum absolute atomic E-state index is 0.237. The molecule has 1 aliphatic heterocycles. The van der Waals surface area contributed by atoms with Gasteiger partial charge in [0, 0.05) is 37.8 Å². The topological polar surface area (TPSA) is 25.2 Å². The SMILES string of the molecule is O=C(CCn1ccc2ccccc21)N1CC=C(c2ccccc2)CC1. The van der Waals surface area contributed by atoms with E-state index >= 15 is 0 Å². The molecule has 25 heavy (non-hydrogen) atoms. The maximum atomic E-state index is 12.6. The third-order valence-electron chi connectivity index (χ3n) is 4.95. The second-order valence-electron chi connectivity index (χ2n) is 6.50. The van der Waals surface area contributed by atoms with Crippen LogP contribution in [0.2, 0.25) is 0 Å². The summed E-state index contributed by atoms with van der Waals surface area (Å²) >= 11 is 0. The van der Waals surface area contributed by atoms with E-state index in [1.54, 1.807) is 0 Å². The van der Waals surface area contributed by atoms with Crippen LogP contribution in [0.4, 0.5) is 0 Å². The van der Waals surface area contributed by atoms with Crippen molar-refractivity contribution < 1.29 is 4.79 Å². The summed E-state index contributed by atoms with van der Waals surface area (Å²) in [6, 6.07) is 20.8. The van der Waals surface area contributed by atoms with E-state index in [1.165, 1.54) is 22.0 Å². The van der Waals surface area contributed by atoms with E-state index in [0.717, 1.165) is 26.1 Å². The van der Waals surface area contributed by atoms with Crippen LogP contribution in [-0.4, -0.2) is 28.5 Å². The standard InChI is InChI=1S/C22H22N2O/c25-22(13-17-23-14-12-20-8-4-5-9-21(20)23)24-15-10-19(11-16-24)18-6-2-1-3-7-18/h1-10,12,14H,11,13,15-17H2. The lowest BCUT2D eigenvalue weighted by Gasteiger charge is -2.27. The summed E-state index contributed by atoms with van der Waals surface area (Å²) < 4.78 is 2.17. The smallest absolute Gasteiger partial charge is 0.224 e. The predicted octanol–water partition coefficient (Wildman–Crippen LogP) is 4.35. The van der Waals surface area contributed by atoms with Crippen LogP contribution in [0.25, 0.3) is 16.5 Å². The molecule has 0 fully saturated rings. The van der Waals surface area contributed by atoms with Gasteiger partial charge in [0.2, 0.25) is 5.91 Å². The number of amides is 1. The van der Waals surface area contributed by atoms with Crippen molar-refractivity contribution in [2.24, 2.45) is 0 Å². The number of aromatic nitrogens is 1. The van der Waals surface area contributed by atoms with Gasteiger partial charge in [-0.2, -0.15) is 0 Å². The summed E-state index contributed by atoms with van der Waals surface area (Å²) in [6.45, 7) is 2.26. The van der Waals surface area contributed by atoms with Crippen LogP contribution in [0.5, 0.6) is 0 Å². The molecule has 3 aromatic rings. The molecule has 0 radical (unpaired) electrons.